The highest BCUT2D eigenvalue weighted by Gasteiger charge is 2.51. The normalized spacial score (nSPS) is 23.9. The van der Waals surface area contributed by atoms with Gasteiger partial charge in [0.2, 0.25) is 5.91 Å². The van der Waals surface area contributed by atoms with Crippen molar-refractivity contribution in [1.29, 1.82) is 0 Å². The van der Waals surface area contributed by atoms with Gasteiger partial charge in [0.1, 0.15) is 18.8 Å². The average molecular weight is 482 g/mol. The zero-order valence-corrected chi connectivity index (χ0v) is 19.0. The van der Waals surface area contributed by atoms with E-state index in [2.05, 4.69) is 5.32 Å². The van der Waals surface area contributed by atoms with Crippen LogP contribution in [0, 0.1) is 10.1 Å². The van der Waals surface area contributed by atoms with Gasteiger partial charge in [0, 0.05) is 39.8 Å². The molecule has 0 radical (unpaired) electrons. The molecule has 13 heteroatoms. The summed E-state index contributed by atoms with van der Waals surface area (Å²) in [6.45, 7) is 4.11. The van der Waals surface area contributed by atoms with Crippen LogP contribution in [0.4, 0.5) is 5.69 Å². The first-order valence-electron chi connectivity index (χ1n) is 10.2. The van der Waals surface area contributed by atoms with E-state index in [1.165, 1.54) is 32.0 Å². The largest absolute Gasteiger partial charge is 0.463 e. The Balaban J connectivity index is 2.37. The van der Waals surface area contributed by atoms with E-state index in [-0.39, 0.29) is 18.9 Å². The van der Waals surface area contributed by atoms with E-state index in [1.807, 2.05) is 0 Å². The van der Waals surface area contributed by atoms with Crippen molar-refractivity contribution in [3.63, 3.8) is 0 Å². The number of nitrogens with one attached hydrogen (secondary N) is 1. The summed E-state index contributed by atoms with van der Waals surface area (Å²) in [7, 11) is 0. The maximum absolute atomic E-state index is 11.9. The zero-order chi connectivity index (χ0) is 25.4. The molecule has 5 atom stereocenters. The van der Waals surface area contributed by atoms with Crippen LogP contribution in [0.1, 0.15) is 33.3 Å². The van der Waals surface area contributed by atoms with Gasteiger partial charge in [-0.15, -0.1) is 0 Å². The summed E-state index contributed by atoms with van der Waals surface area (Å²) in [4.78, 5) is 57.3. The fraction of sp³-hybridized carbons (Fsp3) is 0.524. The smallest absolute Gasteiger partial charge is 0.303 e. The van der Waals surface area contributed by atoms with E-state index < -0.39 is 59.4 Å². The predicted molar refractivity (Wildman–Crippen MR) is 112 cm³/mol. The number of amides is 1. The molecule has 1 aromatic rings. The molecule has 13 nitrogen and oxygen atoms in total. The second-order valence-corrected chi connectivity index (χ2v) is 7.46. The number of carbonyl (C=O) groups excluding carboxylic acids is 4. The molecular formula is C21H26N2O11. The van der Waals surface area contributed by atoms with Crippen LogP contribution in [0.3, 0.4) is 0 Å². The summed E-state index contributed by atoms with van der Waals surface area (Å²) in [5.74, 6) is -2.61. The Bertz CT molecular complexity index is 935. The van der Waals surface area contributed by atoms with Gasteiger partial charge in [0.05, 0.1) is 11.5 Å². The van der Waals surface area contributed by atoms with Crippen LogP contribution in [0.5, 0.6) is 0 Å². The van der Waals surface area contributed by atoms with Crippen molar-refractivity contribution in [2.75, 3.05) is 6.61 Å². The number of hydrogen-bond acceptors (Lipinski definition) is 11. The molecule has 1 aliphatic rings. The van der Waals surface area contributed by atoms with Gasteiger partial charge >= 0.3 is 17.9 Å². The SMILES string of the molecule is CC(=O)N[C@H]1[C@H](OCc2cccc([N+](=O)[O-])c2)O[C@H](COC(C)=O)[C@@H](OC(C)=O)[C@@H]1OC(C)=O. The van der Waals surface area contributed by atoms with Crippen molar-refractivity contribution in [2.45, 2.75) is 64.9 Å². The summed E-state index contributed by atoms with van der Waals surface area (Å²) >= 11 is 0. The summed E-state index contributed by atoms with van der Waals surface area (Å²) in [6, 6.07) is 4.56. The van der Waals surface area contributed by atoms with E-state index in [9.17, 15) is 29.3 Å². The molecule has 1 fully saturated rings. The topological polar surface area (TPSA) is 170 Å². The number of nitrogens with zero attached hydrogens (tertiary/aromatic N) is 1. The Morgan fingerprint density at radius 1 is 1.03 bits per heavy atom. The maximum Gasteiger partial charge on any atom is 0.303 e. The summed E-state index contributed by atoms with van der Waals surface area (Å²) < 4.78 is 27.3. The highest BCUT2D eigenvalue weighted by molar-refractivity contribution is 5.73. The van der Waals surface area contributed by atoms with Crippen LogP contribution in [0.2, 0.25) is 0 Å². The van der Waals surface area contributed by atoms with Crippen LogP contribution in [0.15, 0.2) is 24.3 Å². The van der Waals surface area contributed by atoms with Crippen molar-refractivity contribution in [2.24, 2.45) is 0 Å². The Kier molecular flexibility index (Phi) is 9.45. The first-order valence-corrected chi connectivity index (χ1v) is 10.2. The fourth-order valence-electron chi connectivity index (χ4n) is 3.37. The zero-order valence-electron chi connectivity index (χ0n) is 19.0. The number of non-ortho nitro benzene ring substituents is 1. The molecule has 1 N–H and O–H groups in total. The second kappa shape index (κ2) is 12.0. The third kappa shape index (κ3) is 7.78. The van der Waals surface area contributed by atoms with Gasteiger partial charge in [-0.1, -0.05) is 12.1 Å². The van der Waals surface area contributed by atoms with Gasteiger partial charge in [0.25, 0.3) is 5.69 Å². The molecule has 1 amide bonds. The van der Waals surface area contributed by atoms with Crippen molar-refractivity contribution in [3.05, 3.63) is 39.9 Å². The highest BCUT2D eigenvalue weighted by Crippen LogP contribution is 2.28. The molecule has 1 aromatic carbocycles. The number of ether oxygens (including phenoxy) is 5. The van der Waals surface area contributed by atoms with E-state index in [0.29, 0.717) is 5.56 Å². The van der Waals surface area contributed by atoms with Crippen molar-refractivity contribution >= 4 is 29.5 Å². The Morgan fingerprint density at radius 2 is 1.68 bits per heavy atom. The molecule has 0 aliphatic carbocycles. The maximum atomic E-state index is 11.9. The lowest BCUT2D eigenvalue weighted by Crippen LogP contribution is -2.66. The van der Waals surface area contributed by atoms with Crippen LogP contribution < -0.4 is 5.32 Å². The lowest BCUT2D eigenvalue weighted by atomic mass is 9.96. The number of nitro benzene ring substituents is 1. The number of esters is 3. The Labute approximate surface area is 194 Å². The third-order valence-electron chi connectivity index (χ3n) is 4.61. The second-order valence-electron chi connectivity index (χ2n) is 7.46. The van der Waals surface area contributed by atoms with Gasteiger partial charge in [-0.2, -0.15) is 0 Å². The molecule has 2 rings (SSSR count). The van der Waals surface area contributed by atoms with Gasteiger partial charge in [-0.25, -0.2) is 0 Å². The standard InChI is InChI=1S/C21H26N2O11/c1-11(24)22-18-20(33-14(4)27)19(32-13(3)26)17(10-30-12(2)25)34-21(18)31-9-15-6-5-7-16(8-15)23(28)29/h5-8,17-21H,9-10H2,1-4H3,(H,22,24)/t17-,18-,19-,20-,21-/m1/s1. The number of benzene rings is 1. The van der Waals surface area contributed by atoms with Gasteiger partial charge in [0.15, 0.2) is 18.5 Å². The van der Waals surface area contributed by atoms with Crippen molar-refractivity contribution in [3.8, 4) is 0 Å². The predicted octanol–water partition coefficient (Wildman–Crippen LogP) is 0.767. The van der Waals surface area contributed by atoms with Crippen LogP contribution in [0.25, 0.3) is 0 Å². The Morgan fingerprint density at radius 3 is 2.24 bits per heavy atom. The molecule has 0 spiro atoms. The Hall–Kier alpha value is -3.58. The van der Waals surface area contributed by atoms with E-state index >= 15 is 0 Å². The van der Waals surface area contributed by atoms with E-state index in [1.54, 1.807) is 6.07 Å². The molecule has 0 bridgehead atoms. The molecule has 0 unspecified atom stereocenters. The molecule has 1 saturated heterocycles. The minimum Gasteiger partial charge on any atom is -0.463 e. The number of rotatable bonds is 9. The molecule has 0 saturated carbocycles. The number of carbonyl (C=O) groups is 4. The molecule has 0 aromatic heterocycles. The van der Waals surface area contributed by atoms with Crippen LogP contribution >= 0.6 is 0 Å². The minimum absolute atomic E-state index is 0.149. The lowest BCUT2D eigenvalue weighted by Gasteiger charge is -2.44. The number of hydrogen-bond donors (Lipinski definition) is 1. The molecule has 1 aliphatic heterocycles. The quantitative estimate of drug-likeness (QED) is 0.228. The summed E-state index contributed by atoms with van der Waals surface area (Å²) in [5, 5.41) is 13.6. The fourth-order valence-corrected chi connectivity index (χ4v) is 3.37. The summed E-state index contributed by atoms with van der Waals surface area (Å²) in [6.07, 6.45) is -4.87. The molecular weight excluding hydrogens is 456 g/mol. The molecule has 1 heterocycles. The highest BCUT2D eigenvalue weighted by atomic mass is 16.7. The lowest BCUT2D eigenvalue weighted by molar-refractivity contribution is -0.385. The van der Waals surface area contributed by atoms with E-state index in [4.69, 9.17) is 23.7 Å². The molecule has 34 heavy (non-hydrogen) atoms. The summed E-state index contributed by atoms with van der Waals surface area (Å²) in [5.41, 5.74) is 0.284. The van der Waals surface area contributed by atoms with Gasteiger partial charge < -0.3 is 29.0 Å². The molecule has 186 valence electrons. The van der Waals surface area contributed by atoms with Crippen LogP contribution in [-0.4, -0.2) is 66.0 Å². The monoisotopic (exact) mass is 482 g/mol. The third-order valence-corrected chi connectivity index (χ3v) is 4.61. The van der Waals surface area contributed by atoms with Gasteiger partial charge in [-0.05, 0) is 5.56 Å². The van der Waals surface area contributed by atoms with E-state index in [0.717, 1.165) is 13.8 Å². The average Bonchev–Trinajstić information content (AvgIpc) is 2.73. The first-order chi connectivity index (χ1) is 16.0. The number of nitro groups is 1. The van der Waals surface area contributed by atoms with Crippen molar-refractivity contribution in [1.82, 2.24) is 5.32 Å². The van der Waals surface area contributed by atoms with Crippen LogP contribution in [-0.2, 0) is 49.5 Å². The minimum atomic E-state index is -1.26. The van der Waals surface area contributed by atoms with Gasteiger partial charge in [-0.3, -0.25) is 29.3 Å². The first kappa shape index (κ1) is 26.7. The van der Waals surface area contributed by atoms with Crippen molar-refractivity contribution < 1.29 is 47.8 Å².